The van der Waals surface area contributed by atoms with Gasteiger partial charge in [0, 0.05) is 132 Å². The summed E-state index contributed by atoms with van der Waals surface area (Å²) >= 11 is 0. The van der Waals surface area contributed by atoms with Crippen LogP contribution in [-0.4, -0.2) is 41.1 Å². The molecule has 134 heavy (non-hydrogen) atoms. The fraction of sp³-hybridized carbons (Fsp3) is 0.100. The highest BCUT2D eigenvalue weighted by molar-refractivity contribution is 6.90. The van der Waals surface area contributed by atoms with Gasteiger partial charge in [-0.1, -0.05) is 330 Å². The van der Waals surface area contributed by atoms with Gasteiger partial charge in [-0.3, -0.25) is 0 Å². The van der Waals surface area contributed by atoms with Crippen LogP contribution in [-0.2, 0) is 0 Å². The summed E-state index contributed by atoms with van der Waals surface area (Å²) in [6.45, 7) is 29.0. The summed E-state index contributed by atoms with van der Waals surface area (Å²) in [7, 11) is -6.50. The number of anilines is 12. The Bertz CT molecular complexity index is 8670. The van der Waals surface area contributed by atoms with Gasteiger partial charge in [0.15, 0.2) is 22.3 Å². The van der Waals surface area contributed by atoms with Crippen LogP contribution >= 0.6 is 0 Å². The highest BCUT2D eigenvalue weighted by Gasteiger charge is 2.37. The van der Waals surface area contributed by atoms with Crippen LogP contribution in [0.2, 0.25) is 78.6 Å². The number of rotatable bonds is 16. The van der Waals surface area contributed by atoms with Crippen molar-refractivity contribution in [1.82, 2.24) is 8.80 Å². The fourth-order valence-electron chi connectivity index (χ4n) is 21.4. The molecule has 18 aromatic carbocycles. The molecule has 0 saturated carbocycles. The molecule has 0 aliphatic heterocycles. The van der Waals surface area contributed by atoms with E-state index in [4.69, 9.17) is 17.7 Å². The normalized spacial score (nSPS) is 12.6. The molecule has 14 heteroatoms. The molecule has 0 radical (unpaired) electrons. The first-order valence-corrected chi connectivity index (χ1v) is 60.7. The molecule has 0 bridgehead atoms. The molecule has 0 aliphatic rings. The zero-order valence-electron chi connectivity index (χ0n) is 77.1. The summed E-state index contributed by atoms with van der Waals surface area (Å²) in [5.41, 5.74) is 26.5. The molecular weight excluding hydrogens is 1700 g/mol. The molecule has 0 aliphatic carbocycles. The zero-order chi connectivity index (χ0) is 90.7. The minimum absolute atomic E-state index is 0.855. The quantitative estimate of drug-likeness (QED) is 0.0886. The number of hydrogen-bond acceptors (Lipinski definition) is 8. The van der Waals surface area contributed by atoms with E-state index >= 15 is 0 Å². The number of hydrogen-bond donors (Lipinski definition) is 0. The van der Waals surface area contributed by atoms with Crippen molar-refractivity contribution in [3.63, 3.8) is 0 Å². The molecule has 8 aromatic heterocycles. The van der Waals surface area contributed by atoms with Crippen LogP contribution in [0.5, 0.6) is 0 Å². The van der Waals surface area contributed by atoms with E-state index in [1.807, 2.05) is 0 Å². The van der Waals surface area contributed by atoms with Gasteiger partial charge < -0.3 is 46.1 Å². The lowest BCUT2D eigenvalue weighted by molar-refractivity contribution is 0.669. The average Bonchev–Trinajstić information content (AvgIpc) is 1.51. The zero-order valence-corrected chi connectivity index (χ0v) is 81.1. The van der Waals surface area contributed by atoms with Crippen molar-refractivity contribution in [3.05, 3.63) is 376 Å². The Morgan fingerprint density at radius 1 is 0.172 bits per heavy atom. The molecule has 26 rings (SSSR count). The molecule has 8 heterocycles. The van der Waals surface area contributed by atoms with Gasteiger partial charge in [-0.25, -0.2) is 0 Å². The van der Waals surface area contributed by atoms with Gasteiger partial charge in [-0.2, -0.15) is 0 Å². The van der Waals surface area contributed by atoms with Crippen LogP contribution in [0.25, 0.3) is 164 Å². The predicted octanol–water partition coefficient (Wildman–Crippen LogP) is 33.3. The maximum absolute atomic E-state index is 7.15. The van der Waals surface area contributed by atoms with Crippen LogP contribution in [0, 0.1) is 0 Å². The minimum Gasteiger partial charge on any atom is -0.454 e. The molecule has 648 valence electrons. The number of fused-ring (bicyclic) bond motifs is 28. The maximum Gasteiger partial charge on any atom is 0.160 e. The van der Waals surface area contributed by atoms with Crippen molar-refractivity contribution in [2.45, 2.75) is 78.6 Å². The Morgan fingerprint density at radius 2 is 0.381 bits per heavy atom. The third kappa shape index (κ3) is 12.6. The summed E-state index contributed by atoms with van der Waals surface area (Å²) < 4.78 is 33.5. The van der Waals surface area contributed by atoms with Crippen LogP contribution in [0.15, 0.2) is 394 Å². The Balaban J connectivity index is 0.000000143. The van der Waals surface area contributed by atoms with E-state index in [9.17, 15) is 0 Å². The van der Waals surface area contributed by atoms with Crippen LogP contribution in [0.3, 0.4) is 0 Å². The van der Waals surface area contributed by atoms with E-state index in [2.05, 4.69) is 483 Å². The summed E-state index contributed by atoms with van der Waals surface area (Å²) in [4.78, 5) is 9.85. The molecule has 10 nitrogen and oxygen atoms in total. The summed E-state index contributed by atoms with van der Waals surface area (Å²) in [6.07, 6.45) is 0. The SMILES string of the molecule is C[Si](C)(C)c1ccc(N(c2ccccc2)c2cc3c4ccccc4oc3c3c2c2cccc4c5c(N(c6ccccc6)c6ccc([Si](C)(C)C)cc6)cc6c7ccccc7oc6c5n3c24)cc1.C[Si](C)(C)c1cccc(N(c2ccccc2)c2cc3c4ccccc4oc3c3c2c2cccc4c5c(N(c6ccccc6)c6cccc([Si](C)(C)C)c6)cc6c7ccccc7oc6c5n3c24)c1. The van der Waals surface area contributed by atoms with Gasteiger partial charge in [-0.05, 0) is 146 Å². The van der Waals surface area contributed by atoms with Crippen LogP contribution in [0.1, 0.15) is 0 Å². The van der Waals surface area contributed by atoms with Crippen molar-refractivity contribution in [3.8, 4) is 0 Å². The Kier molecular flexibility index (Phi) is 18.2. The van der Waals surface area contributed by atoms with E-state index in [0.717, 1.165) is 232 Å². The van der Waals surface area contributed by atoms with Crippen molar-refractivity contribution in [2.24, 2.45) is 0 Å². The lowest BCUT2D eigenvalue weighted by Crippen LogP contribution is -2.37. The highest BCUT2D eigenvalue weighted by atomic mass is 28.3. The second kappa shape index (κ2) is 30.2. The van der Waals surface area contributed by atoms with Crippen molar-refractivity contribution >= 4 is 285 Å². The van der Waals surface area contributed by atoms with Gasteiger partial charge in [-0.15, -0.1) is 0 Å². The van der Waals surface area contributed by atoms with Crippen molar-refractivity contribution < 1.29 is 17.7 Å². The summed E-state index contributed by atoms with van der Waals surface area (Å²) in [5, 5.41) is 23.4. The maximum atomic E-state index is 7.15. The molecular formula is C120H98N6O4Si4. The third-order valence-electron chi connectivity index (χ3n) is 27.9. The van der Waals surface area contributed by atoms with Gasteiger partial charge >= 0.3 is 0 Å². The summed E-state index contributed by atoms with van der Waals surface area (Å²) in [6, 6.07) is 138. The van der Waals surface area contributed by atoms with E-state index in [1.54, 1.807) is 0 Å². The Labute approximate surface area is 780 Å². The molecule has 0 atom stereocenters. The van der Waals surface area contributed by atoms with E-state index in [1.165, 1.54) is 20.7 Å². The number of furan rings is 4. The van der Waals surface area contributed by atoms with Gasteiger partial charge in [0.05, 0.1) is 66.1 Å². The largest absolute Gasteiger partial charge is 0.454 e. The highest BCUT2D eigenvalue weighted by Crippen LogP contribution is 2.58. The Hall–Kier alpha value is -15.2. The standard InChI is InChI=1S/2C60H49N3O2Si2/c1-66(2,3)42-26-17-24-40(34-42)61(38-20-9-7-10-21-38)50-36-48-44-28-13-15-32-52(44)64-59(48)57-54(50)46-30-19-31-47-55-51(37-49-45-29-14-16-33-53(45)65-60(49)58(55)63(57)56(46)47)62(39-22-11-8-12-23-39)41-25-18-27-43(35-41)67(4,5)6;1-66(2,3)42-32-28-40(29-33-42)61(38-18-9-7-10-19-38)50-36-48-44-22-13-15-26-52(44)64-59(48)57-54(50)46-24-17-25-47-55-51(37-49-45-23-14-16-27-53(45)65-60(49)58(55)63(57)56(46)47)62(39-20-11-8-12-21-39)41-30-34-43(35-31-41)67(4,5)6/h2*7-37H,1-6H3. The van der Waals surface area contributed by atoms with E-state index in [-0.39, 0.29) is 0 Å². The predicted molar refractivity (Wildman–Crippen MR) is 582 cm³/mol. The first-order chi connectivity index (χ1) is 65.1. The molecule has 0 unspecified atom stereocenters. The first-order valence-electron chi connectivity index (χ1n) is 46.7. The van der Waals surface area contributed by atoms with E-state index in [0.29, 0.717) is 0 Å². The van der Waals surface area contributed by atoms with Crippen molar-refractivity contribution in [1.29, 1.82) is 0 Å². The van der Waals surface area contributed by atoms with E-state index < -0.39 is 32.3 Å². The third-order valence-corrected chi connectivity index (χ3v) is 36.1. The second-order valence-electron chi connectivity index (χ2n) is 40.3. The minimum atomic E-state index is -1.69. The topological polar surface area (TPSA) is 74.3 Å². The molecule has 0 fully saturated rings. The van der Waals surface area contributed by atoms with Crippen LogP contribution < -0.4 is 40.3 Å². The number of nitrogens with zero attached hydrogens (tertiary/aromatic N) is 6. The van der Waals surface area contributed by atoms with Gasteiger partial charge in [0.2, 0.25) is 0 Å². The number of benzene rings is 18. The first kappa shape index (κ1) is 80.9. The molecule has 0 amide bonds. The lowest BCUT2D eigenvalue weighted by atomic mass is 10.0. The second-order valence-corrected chi connectivity index (χ2v) is 60.6. The number of para-hydroxylation sites is 10. The van der Waals surface area contributed by atoms with Crippen LogP contribution in [0.4, 0.5) is 68.2 Å². The van der Waals surface area contributed by atoms with Gasteiger partial charge in [0.25, 0.3) is 0 Å². The monoisotopic (exact) mass is 1800 g/mol. The Morgan fingerprint density at radius 3 is 0.634 bits per heavy atom. The van der Waals surface area contributed by atoms with Crippen molar-refractivity contribution in [2.75, 3.05) is 19.6 Å². The molecule has 0 spiro atoms. The fourth-order valence-corrected chi connectivity index (χ4v) is 26.1. The number of aromatic nitrogens is 2. The van der Waals surface area contributed by atoms with Gasteiger partial charge in [0.1, 0.15) is 44.4 Å². The summed E-state index contributed by atoms with van der Waals surface area (Å²) in [5.74, 6) is 0. The smallest absolute Gasteiger partial charge is 0.160 e. The molecule has 0 N–H and O–H groups in total. The average molecular weight is 1800 g/mol. The molecule has 26 aromatic rings. The molecule has 0 saturated heterocycles. The lowest BCUT2D eigenvalue weighted by Gasteiger charge is -2.29.